The molecule has 0 amide bonds. The Morgan fingerprint density at radius 1 is 0.758 bits per heavy atom. The number of hydrogen-bond donors (Lipinski definition) is 0. The zero-order chi connectivity index (χ0) is 23.2. The Bertz CT molecular complexity index is 1150. The molecule has 0 spiro atoms. The number of fused-ring (bicyclic) bond motifs is 1. The van der Waals surface area contributed by atoms with Crippen molar-refractivity contribution in [2.75, 3.05) is 0 Å². The fourth-order valence-electron chi connectivity index (χ4n) is 6.49. The molecule has 0 unspecified atom stereocenters. The summed E-state index contributed by atoms with van der Waals surface area (Å²) in [6.07, 6.45) is 12.2. The molecule has 2 aromatic carbocycles. The number of rotatable bonds is 3. The second-order valence-electron chi connectivity index (χ2n) is 11.9. The van der Waals surface area contributed by atoms with E-state index in [-0.39, 0.29) is 0 Å². The lowest BCUT2D eigenvalue weighted by Crippen LogP contribution is -2.35. The molecule has 3 aromatic rings. The van der Waals surface area contributed by atoms with Crippen LogP contribution in [-0.4, -0.2) is 0 Å². The third-order valence-corrected chi connectivity index (χ3v) is 8.96. The Balaban J connectivity index is 1.58. The largest absolute Gasteiger partial charge is 0.220 e. The van der Waals surface area contributed by atoms with Gasteiger partial charge in [0.15, 0.2) is 5.69 Å². The van der Waals surface area contributed by atoms with Crippen LogP contribution in [0.3, 0.4) is 0 Å². The van der Waals surface area contributed by atoms with Crippen LogP contribution in [0.2, 0.25) is 0 Å². The number of benzene rings is 2. The van der Waals surface area contributed by atoms with Crippen LogP contribution in [0.15, 0.2) is 42.5 Å². The van der Waals surface area contributed by atoms with Crippen molar-refractivity contribution in [3.8, 4) is 11.3 Å². The number of pyridine rings is 1. The van der Waals surface area contributed by atoms with E-state index in [0.29, 0.717) is 5.41 Å². The van der Waals surface area contributed by atoms with Crippen LogP contribution in [0.25, 0.3) is 22.0 Å². The summed E-state index contributed by atoms with van der Waals surface area (Å²) in [5.41, 5.74) is 9.14. The lowest BCUT2D eigenvalue weighted by atomic mass is 9.71. The van der Waals surface area contributed by atoms with Gasteiger partial charge in [-0.15, -0.1) is 0 Å². The van der Waals surface area contributed by atoms with Gasteiger partial charge in [-0.2, -0.15) is 4.57 Å². The van der Waals surface area contributed by atoms with E-state index in [1.165, 1.54) is 91.1 Å². The van der Waals surface area contributed by atoms with Crippen LogP contribution >= 0.6 is 0 Å². The zero-order valence-electron chi connectivity index (χ0n) is 21.5. The minimum Gasteiger partial charge on any atom is -0.198 e. The first-order valence-corrected chi connectivity index (χ1v) is 13.4. The smallest absolute Gasteiger partial charge is 0.198 e. The van der Waals surface area contributed by atoms with Crippen LogP contribution in [0.4, 0.5) is 0 Å². The summed E-state index contributed by atoms with van der Waals surface area (Å²) in [6, 6.07) is 17.1. The first kappa shape index (κ1) is 22.6. The van der Waals surface area contributed by atoms with E-state index in [2.05, 4.69) is 81.8 Å². The van der Waals surface area contributed by atoms with Gasteiger partial charge >= 0.3 is 0 Å². The van der Waals surface area contributed by atoms with Crippen molar-refractivity contribution in [3.05, 3.63) is 64.8 Å². The van der Waals surface area contributed by atoms with E-state index in [4.69, 9.17) is 0 Å². The highest BCUT2D eigenvalue weighted by atomic mass is 14.9. The van der Waals surface area contributed by atoms with E-state index < -0.39 is 0 Å². The van der Waals surface area contributed by atoms with Gasteiger partial charge in [0.2, 0.25) is 5.69 Å². The average molecular weight is 441 g/mol. The average Bonchev–Trinajstić information content (AvgIpc) is 2.81. The molecular formula is C32H42N+. The van der Waals surface area contributed by atoms with E-state index in [1.54, 1.807) is 11.1 Å². The maximum Gasteiger partial charge on any atom is 0.220 e. The Morgan fingerprint density at radius 3 is 2.12 bits per heavy atom. The molecule has 0 aliphatic heterocycles. The molecule has 2 aliphatic rings. The molecule has 0 saturated heterocycles. The van der Waals surface area contributed by atoms with Crippen molar-refractivity contribution in [1.82, 2.24) is 0 Å². The lowest BCUT2D eigenvalue weighted by Gasteiger charge is -2.34. The molecule has 1 aromatic heterocycles. The highest BCUT2D eigenvalue weighted by Crippen LogP contribution is 2.43. The second-order valence-corrected chi connectivity index (χ2v) is 11.9. The molecule has 2 fully saturated rings. The third-order valence-electron chi connectivity index (χ3n) is 8.96. The van der Waals surface area contributed by atoms with Gasteiger partial charge in [0.1, 0.15) is 7.05 Å². The molecule has 1 heteroatoms. The van der Waals surface area contributed by atoms with Gasteiger partial charge in [-0.25, -0.2) is 0 Å². The Labute approximate surface area is 201 Å². The third kappa shape index (κ3) is 4.48. The topological polar surface area (TPSA) is 3.88 Å². The predicted molar refractivity (Wildman–Crippen MR) is 141 cm³/mol. The first-order chi connectivity index (χ1) is 15.8. The fraction of sp³-hybridized carbons (Fsp3) is 0.531. The summed E-state index contributed by atoms with van der Waals surface area (Å²) in [6.45, 7) is 9.41. The lowest BCUT2D eigenvalue weighted by molar-refractivity contribution is -0.665. The van der Waals surface area contributed by atoms with E-state index in [9.17, 15) is 0 Å². The Hall–Kier alpha value is -2.15. The zero-order valence-corrected chi connectivity index (χ0v) is 21.5. The van der Waals surface area contributed by atoms with Gasteiger partial charge in [-0.3, -0.25) is 0 Å². The molecule has 1 heterocycles. The summed E-state index contributed by atoms with van der Waals surface area (Å²) in [5, 5.41) is 2.80. The molecular weight excluding hydrogens is 398 g/mol. The van der Waals surface area contributed by atoms with Crippen molar-refractivity contribution >= 4 is 10.8 Å². The van der Waals surface area contributed by atoms with E-state index in [0.717, 1.165) is 11.8 Å². The molecule has 174 valence electrons. The van der Waals surface area contributed by atoms with Crippen LogP contribution in [0.5, 0.6) is 0 Å². The highest BCUT2D eigenvalue weighted by Gasteiger charge is 2.28. The van der Waals surface area contributed by atoms with Gasteiger partial charge < -0.3 is 0 Å². The minimum atomic E-state index is 0.520. The fourth-order valence-corrected chi connectivity index (χ4v) is 6.49. The molecule has 0 radical (unpaired) electrons. The van der Waals surface area contributed by atoms with Gasteiger partial charge in [0.25, 0.3) is 0 Å². The molecule has 1 nitrogen and oxygen atoms in total. The SMILES string of the molecule is Cc1ccc(C2CCCCC2)cc1-c1c2ccc(C3CCC(C)(C)CC3)cc2cc(C)[n+]1C. The molecule has 5 rings (SSSR count). The maximum atomic E-state index is 2.52. The number of aryl methyl sites for hydroxylation is 2. The van der Waals surface area contributed by atoms with Crippen LogP contribution in [0.1, 0.15) is 106 Å². The van der Waals surface area contributed by atoms with Crippen molar-refractivity contribution in [2.24, 2.45) is 12.5 Å². The molecule has 2 aliphatic carbocycles. The Kier molecular flexibility index (Phi) is 6.10. The van der Waals surface area contributed by atoms with Gasteiger partial charge in [-0.1, -0.05) is 57.4 Å². The van der Waals surface area contributed by atoms with Crippen molar-refractivity contribution in [2.45, 2.75) is 97.3 Å². The standard InChI is InChI=1S/C32H42N/c1-22-11-12-27(24-9-7-6-8-10-24)21-30(22)31-29-14-13-26(20-28(29)19-23(2)33(31)5)25-15-17-32(3,4)18-16-25/h11-14,19-21,24-25H,6-10,15-18H2,1-5H3/q+1. The number of aromatic nitrogens is 1. The highest BCUT2D eigenvalue weighted by molar-refractivity contribution is 5.94. The number of nitrogens with zero attached hydrogens (tertiary/aromatic N) is 1. The molecule has 2 saturated carbocycles. The Morgan fingerprint density at radius 2 is 1.39 bits per heavy atom. The summed E-state index contributed by atoms with van der Waals surface area (Å²) in [4.78, 5) is 0. The molecule has 0 atom stereocenters. The van der Waals surface area contributed by atoms with Crippen LogP contribution in [-0.2, 0) is 7.05 Å². The normalized spacial score (nSPS) is 19.8. The first-order valence-electron chi connectivity index (χ1n) is 13.4. The summed E-state index contributed by atoms with van der Waals surface area (Å²) in [5.74, 6) is 1.46. The summed E-state index contributed by atoms with van der Waals surface area (Å²) >= 11 is 0. The second kappa shape index (κ2) is 8.90. The van der Waals surface area contributed by atoms with Crippen LogP contribution in [0, 0.1) is 19.3 Å². The monoisotopic (exact) mass is 440 g/mol. The minimum absolute atomic E-state index is 0.520. The van der Waals surface area contributed by atoms with Gasteiger partial charge in [0.05, 0.1) is 5.39 Å². The van der Waals surface area contributed by atoms with Crippen LogP contribution < -0.4 is 4.57 Å². The quantitative estimate of drug-likeness (QED) is 0.359. The van der Waals surface area contributed by atoms with Crippen molar-refractivity contribution in [3.63, 3.8) is 0 Å². The number of hydrogen-bond acceptors (Lipinski definition) is 0. The maximum absolute atomic E-state index is 2.52. The summed E-state index contributed by atoms with van der Waals surface area (Å²) in [7, 11) is 2.24. The van der Waals surface area contributed by atoms with E-state index >= 15 is 0 Å². The van der Waals surface area contributed by atoms with Gasteiger partial charge in [0, 0.05) is 18.6 Å². The van der Waals surface area contributed by atoms with Gasteiger partial charge in [-0.05, 0) is 96.9 Å². The molecule has 0 N–H and O–H groups in total. The molecule has 0 bridgehead atoms. The van der Waals surface area contributed by atoms with Crippen molar-refractivity contribution in [1.29, 1.82) is 0 Å². The van der Waals surface area contributed by atoms with Crippen molar-refractivity contribution < 1.29 is 4.57 Å². The predicted octanol–water partition coefficient (Wildman–Crippen LogP) is 8.68. The molecule has 33 heavy (non-hydrogen) atoms. The summed E-state index contributed by atoms with van der Waals surface area (Å²) < 4.78 is 2.41. The van der Waals surface area contributed by atoms with E-state index in [1.807, 2.05) is 0 Å².